The van der Waals surface area contributed by atoms with E-state index in [1.54, 1.807) is 0 Å². The summed E-state index contributed by atoms with van der Waals surface area (Å²) in [6, 6.07) is 10.2. The first-order valence-electron chi connectivity index (χ1n) is 4.42. The highest BCUT2D eigenvalue weighted by atomic mass is 14.6. The number of aromatic nitrogens is 1. The lowest BCUT2D eigenvalue weighted by Gasteiger charge is -1.97. The summed E-state index contributed by atoms with van der Waals surface area (Å²) in [6.07, 6.45) is 3.07. The van der Waals surface area contributed by atoms with Gasteiger partial charge >= 0.3 is 0 Å². The first-order valence-corrected chi connectivity index (χ1v) is 4.42. The van der Waals surface area contributed by atoms with Gasteiger partial charge in [-0.25, -0.2) is 0 Å². The molecule has 0 aliphatic rings. The van der Waals surface area contributed by atoms with Gasteiger partial charge in [0.15, 0.2) is 0 Å². The van der Waals surface area contributed by atoms with Crippen molar-refractivity contribution in [2.24, 2.45) is 5.73 Å². The molecule has 0 spiro atoms. The third kappa shape index (κ3) is 2.33. The Balaban J connectivity index is 0.000000293. The molecule has 1 heterocycles. The molecule has 2 heteroatoms. The minimum Gasteiger partial charge on any atom is -0.405 e. The van der Waals surface area contributed by atoms with E-state index in [4.69, 9.17) is 0 Å². The van der Waals surface area contributed by atoms with Gasteiger partial charge in [0.2, 0.25) is 0 Å². The van der Waals surface area contributed by atoms with Crippen molar-refractivity contribution >= 4 is 10.9 Å². The number of pyridine rings is 1. The second-order valence-electron chi connectivity index (χ2n) is 2.88. The molecule has 2 N–H and O–H groups in total. The van der Waals surface area contributed by atoms with Gasteiger partial charge in [-0.15, -0.1) is 0 Å². The molecule has 0 aliphatic heterocycles. The Morgan fingerprint density at radius 3 is 2.64 bits per heavy atom. The summed E-state index contributed by atoms with van der Waals surface area (Å²) in [5, 5.41) is 1.25. The Morgan fingerprint density at radius 2 is 2.00 bits per heavy atom. The molecule has 2 rings (SSSR count). The maximum absolute atomic E-state index is 4.61. The third-order valence-electron chi connectivity index (χ3n) is 1.86. The van der Waals surface area contributed by atoms with Gasteiger partial charge in [-0.1, -0.05) is 24.8 Å². The van der Waals surface area contributed by atoms with Crippen LogP contribution in [-0.2, 0) is 0 Å². The van der Waals surface area contributed by atoms with E-state index in [-0.39, 0.29) is 0 Å². The molecule has 14 heavy (non-hydrogen) atoms. The van der Waals surface area contributed by atoms with Gasteiger partial charge in [-0.2, -0.15) is 0 Å². The van der Waals surface area contributed by atoms with Crippen LogP contribution in [0.5, 0.6) is 0 Å². The largest absolute Gasteiger partial charge is 0.405 e. The lowest BCUT2D eigenvalue weighted by Crippen LogP contribution is -1.79. The van der Waals surface area contributed by atoms with E-state index in [2.05, 4.69) is 36.4 Å². The fourth-order valence-electron chi connectivity index (χ4n) is 1.26. The maximum atomic E-state index is 4.61. The van der Waals surface area contributed by atoms with Crippen LogP contribution in [0.4, 0.5) is 0 Å². The van der Waals surface area contributed by atoms with Crippen molar-refractivity contribution in [2.45, 2.75) is 6.92 Å². The van der Waals surface area contributed by atoms with Gasteiger partial charge in [0.1, 0.15) is 0 Å². The van der Waals surface area contributed by atoms with Gasteiger partial charge < -0.3 is 5.73 Å². The molecule has 0 saturated carbocycles. The lowest BCUT2D eigenvalue weighted by atomic mass is 10.1. The quantitative estimate of drug-likeness (QED) is 0.687. The predicted molar refractivity (Wildman–Crippen MR) is 60.9 cm³/mol. The molecular formula is C12H14N2. The smallest absolute Gasteiger partial charge is 0.0704 e. The van der Waals surface area contributed by atoms with E-state index in [0.29, 0.717) is 0 Å². The van der Waals surface area contributed by atoms with Crippen molar-refractivity contribution in [1.29, 1.82) is 0 Å². The monoisotopic (exact) mass is 186 g/mol. The first-order chi connectivity index (χ1) is 6.79. The van der Waals surface area contributed by atoms with Crippen LogP contribution >= 0.6 is 0 Å². The molecule has 2 nitrogen and oxygen atoms in total. The third-order valence-corrected chi connectivity index (χ3v) is 1.86. The summed E-state index contributed by atoms with van der Waals surface area (Å²) in [5.74, 6) is 0. The summed E-state index contributed by atoms with van der Waals surface area (Å²) in [6.45, 7) is 5.24. The average Bonchev–Trinajstić information content (AvgIpc) is 2.20. The van der Waals surface area contributed by atoms with Gasteiger partial charge in [0.05, 0.1) is 5.52 Å². The van der Waals surface area contributed by atoms with Crippen molar-refractivity contribution in [3.63, 3.8) is 0 Å². The molecule has 0 saturated heterocycles. The zero-order valence-electron chi connectivity index (χ0n) is 8.27. The number of fused-ring (bicyclic) bond motifs is 1. The van der Waals surface area contributed by atoms with Crippen LogP contribution < -0.4 is 5.73 Å². The molecule has 72 valence electrons. The summed E-state index contributed by atoms with van der Waals surface area (Å²) < 4.78 is 0. The molecular weight excluding hydrogens is 172 g/mol. The van der Waals surface area contributed by atoms with Gasteiger partial charge in [-0.3, -0.25) is 4.98 Å². The number of hydrogen-bond donors (Lipinski definition) is 1. The van der Waals surface area contributed by atoms with Crippen LogP contribution in [0.1, 0.15) is 5.56 Å². The molecule has 0 atom stereocenters. The average molecular weight is 186 g/mol. The SMILES string of the molecule is C=CN.Cc1cccc2ncccc12. The van der Waals surface area contributed by atoms with Crippen molar-refractivity contribution in [3.05, 3.63) is 54.9 Å². The van der Waals surface area contributed by atoms with E-state index < -0.39 is 0 Å². The highest BCUT2D eigenvalue weighted by Gasteiger charge is 1.93. The minimum atomic E-state index is 1.08. The topological polar surface area (TPSA) is 38.9 Å². The molecule has 2 aromatic rings. The second-order valence-corrected chi connectivity index (χ2v) is 2.88. The van der Waals surface area contributed by atoms with Crippen LogP contribution in [0.3, 0.4) is 0 Å². The maximum Gasteiger partial charge on any atom is 0.0704 e. The van der Waals surface area contributed by atoms with E-state index in [1.165, 1.54) is 17.1 Å². The van der Waals surface area contributed by atoms with Gasteiger partial charge in [0.25, 0.3) is 0 Å². The summed E-state index contributed by atoms with van der Waals surface area (Å²) in [7, 11) is 0. The number of aryl methyl sites for hydroxylation is 1. The normalized spacial score (nSPS) is 8.93. The molecule has 1 aromatic heterocycles. The Morgan fingerprint density at radius 1 is 1.29 bits per heavy atom. The zero-order valence-corrected chi connectivity index (χ0v) is 8.27. The Kier molecular flexibility index (Phi) is 3.68. The lowest BCUT2D eigenvalue weighted by molar-refractivity contribution is 1.39. The minimum absolute atomic E-state index is 1.08. The molecule has 0 aliphatic carbocycles. The van der Waals surface area contributed by atoms with Crippen molar-refractivity contribution in [2.75, 3.05) is 0 Å². The summed E-state index contributed by atoms with van der Waals surface area (Å²) in [4.78, 5) is 4.24. The molecule has 1 aromatic carbocycles. The Hall–Kier alpha value is -1.83. The number of benzene rings is 1. The fraction of sp³-hybridized carbons (Fsp3) is 0.0833. The van der Waals surface area contributed by atoms with Gasteiger partial charge in [-0.05, 0) is 30.8 Å². The number of hydrogen-bond acceptors (Lipinski definition) is 2. The summed E-state index contributed by atoms with van der Waals surface area (Å²) >= 11 is 0. The summed E-state index contributed by atoms with van der Waals surface area (Å²) in [5.41, 5.74) is 6.98. The highest BCUT2D eigenvalue weighted by Crippen LogP contribution is 2.14. The number of nitrogens with zero attached hydrogens (tertiary/aromatic N) is 1. The molecule has 0 fully saturated rings. The first kappa shape index (κ1) is 10.3. The van der Waals surface area contributed by atoms with E-state index in [0.717, 1.165) is 5.52 Å². The van der Waals surface area contributed by atoms with Gasteiger partial charge in [0, 0.05) is 11.6 Å². The van der Waals surface area contributed by atoms with Crippen LogP contribution in [0, 0.1) is 6.92 Å². The van der Waals surface area contributed by atoms with Crippen LogP contribution in [0.2, 0.25) is 0 Å². The molecule has 0 amide bonds. The van der Waals surface area contributed by atoms with E-state index in [9.17, 15) is 0 Å². The number of rotatable bonds is 0. The fourth-order valence-corrected chi connectivity index (χ4v) is 1.26. The Bertz CT molecular complexity index is 416. The standard InChI is InChI=1S/C10H9N.C2H5N/c1-8-4-2-6-10-9(8)5-3-7-11-10;1-2-3/h2-7H,1H3;2H,1,3H2. The van der Waals surface area contributed by atoms with Crippen LogP contribution in [0.25, 0.3) is 10.9 Å². The predicted octanol–water partition coefficient (Wildman–Crippen LogP) is 2.63. The number of nitrogens with two attached hydrogens (primary N) is 1. The molecule has 0 unspecified atom stereocenters. The Labute approximate surface area is 84.1 Å². The van der Waals surface area contributed by atoms with Crippen molar-refractivity contribution in [1.82, 2.24) is 4.98 Å². The zero-order chi connectivity index (χ0) is 10.4. The molecule has 0 radical (unpaired) electrons. The highest BCUT2D eigenvalue weighted by molar-refractivity contribution is 5.81. The van der Waals surface area contributed by atoms with E-state index >= 15 is 0 Å². The van der Waals surface area contributed by atoms with Crippen LogP contribution in [-0.4, -0.2) is 4.98 Å². The van der Waals surface area contributed by atoms with Crippen molar-refractivity contribution < 1.29 is 0 Å². The van der Waals surface area contributed by atoms with Crippen molar-refractivity contribution in [3.8, 4) is 0 Å². The van der Waals surface area contributed by atoms with Crippen LogP contribution in [0.15, 0.2) is 49.3 Å². The van der Waals surface area contributed by atoms with E-state index in [1.807, 2.05) is 24.4 Å². The molecule has 0 bridgehead atoms. The second kappa shape index (κ2) is 5.02.